The second-order valence-electron chi connectivity index (χ2n) is 4.23. The first-order valence-corrected chi connectivity index (χ1v) is 7.96. The summed E-state index contributed by atoms with van der Waals surface area (Å²) >= 11 is 1.70. The highest BCUT2D eigenvalue weighted by atomic mass is 127. The first-order valence-electron chi connectivity index (χ1n) is 6.88. The van der Waals surface area contributed by atoms with Crippen LogP contribution in [-0.4, -0.2) is 34.3 Å². The van der Waals surface area contributed by atoms with Crippen molar-refractivity contribution >= 4 is 40.2 Å². The molecule has 24 heavy (non-hydrogen) atoms. The highest BCUT2D eigenvalue weighted by molar-refractivity contribution is 14.1. The van der Waals surface area contributed by atoms with Crippen LogP contribution in [0.5, 0.6) is 0 Å². The van der Waals surface area contributed by atoms with Gasteiger partial charge in [0.05, 0.1) is 29.4 Å². The van der Waals surface area contributed by atoms with Crippen molar-refractivity contribution in [3.05, 3.63) is 36.7 Å². The summed E-state index contributed by atoms with van der Waals surface area (Å²) in [6, 6.07) is 0. The van der Waals surface area contributed by atoms with E-state index in [9.17, 15) is 19.2 Å². The molecule has 0 aliphatic heterocycles. The smallest absolute Gasteiger partial charge is 0.355 e. The predicted octanol–water partition coefficient (Wildman–Crippen LogP) is 0.215. The highest BCUT2D eigenvalue weighted by Crippen LogP contribution is 2.07. The molecule has 9 heteroatoms. The zero-order chi connectivity index (χ0) is 18.3. The maximum atomic E-state index is 12.4. The third kappa shape index (κ3) is 4.58. The second kappa shape index (κ2) is 9.07. The normalized spacial score (nSPS) is 10.8. The third-order valence-electron chi connectivity index (χ3n) is 2.66. The minimum atomic E-state index is -0.908. The van der Waals surface area contributed by atoms with Crippen molar-refractivity contribution in [2.75, 3.05) is 13.2 Å². The Morgan fingerprint density at radius 3 is 2.46 bits per heavy atom. The number of hydrogen-bond donors (Lipinski definition) is 0. The van der Waals surface area contributed by atoms with E-state index in [4.69, 9.17) is 15.9 Å². The van der Waals surface area contributed by atoms with E-state index in [0.29, 0.717) is 0 Å². The molecule has 0 aliphatic carbocycles. The van der Waals surface area contributed by atoms with E-state index < -0.39 is 23.2 Å². The number of carbonyl (C=O) groups is 2. The summed E-state index contributed by atoms with van der Waals surface area (Å²) in [6.45, 7) is 3.02. The van der Waals surface area contributed by atoms with Crippen molar-refractivity contribution in [3.8, 4) is 12.3 Å². The summed E-state index contributed by atoms with van der Waals surface area (Å²) in [5, 5.41) is 0. The molecule has 8 nitrogen and oxygen atoms in total. The Labute approximate surface area is 151 Å². The SMILES string of the molecule is C#CCn1c(=O)c(I)cn(/C(=C/C(=O)OCC)C(=O)OCC)c1=O. The number of nitrogens with zero attached hydrogens (tertiary/aromatic N) is 2. The third-order valence-corrected chi connectivity index (χ3v) is 3.40. The fourth-order valence-electron chi connectivity index (χ4n) is 1.70. The van der Waals surface area contributed by atoms with Gasteiger partial charge >= 0.3 is 17.6 Å². The standard InChI is InChI=1S/C15H15IN2O6/c1-4-7-17-13(20)10(16)9-18(15(17)22)11(14(21)24-6-3)8-12(19)23-5-2/h1,8-9H,5-7H2,2-3H3/b11-8+. The fourth-order valence-corrected chi connectivity index (χ4v) is 2.27. The summed E-state index contributed by atoms with van der Waals surface area (Å²) in [7, 11) is 0. The van der Waals surface area contributed by atoms with E-state index >= 15 is 0 Å². The Kier molecular flexibility index (Phi) is 7.44. The molecule has 1 aromatic rings. The average molecular weight is 446 g/mol. The van der Waals surface area contributed by atoms with Gasteiger partial charge in [-0.05, 0) is 36.4 Å². The molecule has 0 aromatic carbocycles. The van der Waals surface area contributed by atoms with Crippen LogP contribution in [0.15, 0.2) is 21.9 Å². The van der Waals surface area contributed by atoms with Gasteiger partial charge in [-0.3, -0.25) is 9.36 Å². The topological polar surface area (TPSA) is 96.6 Å². The van der Waals surface area contributed by atoms with Crippen LogP contribution < -0.4 is 11.2 Å². The highest BCUT2D eigenvalue weighted by Gasteiger charge is 2.20. The van der Waals surface area contributed by atoms with Crippen molar-refractivity contribution in [3.63, 3.8) is 0 Å². The van der Waals surface area contributed by atoms with Gasteiger partial charge in [0.15, 0.2) is 0 Å². The molecular formula is C15H15IN2O6. The van der Waals surface area contributed by atoms with Crippen LogP contribution in [0.4, 0.5) is 0 Å². The number of ether oxygens (including phenoxy) is 2. The second-order valence-corrected chi connectivity index (χ2v) is 5.39. The summed E-state index contributed by atoms with van der Waals surface area (Å²) in [4.78, 5) is 48.2. The summed E-state index contributed by atoms with van der Waals surface area (Å²) in [5.41, 5.74) is -1.82. The van der Waals surface area contributed by atoms with E-state index in [0.717, 1.165) is 21.4 Å². The van der Waals surface area contributed by atoms with Gasteiger partial charge in [-0.25, -0.2) is 19.0 Å². The molecule has 1 heterocycles. The molecule has 0 saturated heterocycles. The van der Waals surface area contributed by atoms with Crippen LogP contribution in [0.3, 0.4) is 0 Å². The van der Waals surface area contributed by atoms with E-state index in [1.807, 2.05) is 0 Å². The van der Waals surface area contributed by atoms with Crippen molar-refractivity contribution in [2.45, 2.75) is 20.4 Å². The summed E-state index contributed by atoms with van der Waals surface area (Å²) in [6.07, 6.45) is 7.14. The Hall–Kier alpha value is -2.35. The van der Waals surface area contributed by atoms with Crippen molar-refractivity contribution in [1.82, 2.24) is 9.13 Å². The number of carbonyl (C=O) groups excluding carboxylic acids is 2. The zero-order valence-electron chi connectivity index (χ0n) is 13.1. The molecule has 1 rings (SSSR count). The number of halogens is 1. The van der Waals surface area contributed by atoms with Gasteiger partial charge in [0.25, 0.3) is 5.56 Å². The molecule has 0 N–H and O–H groups in total. The maximum absolute atomic E-state index is 12.4. The van der Waals surface area contributed by atoms with Crippen LogP contribution in [0.1, 0.15) is 13.8 Å². The molecule has 1 aromatic heterocycles. The number of terminal acetylenes is 1. The molecule has 128 valence electrons. The lowest BCUT2D eigenvalue weighted by molar-refractivity contribution is -0.139. The molecular weight excluding hydrogens is 431 g/mol. The molecule has 0 atom stereocenters. The predicted molar refractivity (Wildman–Crippen MR) is 94.1 cm³/mol. The van der Waals surface area contributed by atoms with Gasteiger partial charge in [-0.1, -0.05) is 5.92 Å². The van der Waals surface area contributed by atoms with Gasteiger partial charge in [-0.2, -0.15) is 0 Å². The fraction of sp³-hybridized carbons (Fsp3) is 0.333. The number of hydrogen-bond acceptors (Lipinski definition) is 6. The number of rotatable bonds is 6. The molecule has 0 radical (unpaired) electrons. The average Bonchev–Trinajstić information content (AvgIpc) is 2.53. The molecule has 0 saturated carbocycles. The minimum Gasteiger partial charge on any atom is -0.463 e. The van der Waals surface area contributed by atoms with Crippen molar-refractivity contribution in [1.29, 1.82) is 0 Å². The van der Waals surface area contributed by atoms with Gasteiger partial charge in [0.1, 0.15) is 5.70 Å². The van der Waals surface area contributed by atoms with Crippen LogP contribution in [0.2, 0.25) is 0 Å². The number of esters is 2. The van der Waals surface area contributed by atoms with Crippen LogP contribution in [0, 0.1) is 15.9 Å². The Bertz CT molecular complexity index is 828. The van der Waals surface area contributed by atoms with Gasteiger partial charge in [0.2, 0.25) is 0 Å². The van der Waals surface area contributed by atoms with Crippen molar-refractivity contribution in [2.24, 2.45) is 0 Å². The van der Waals surface area contributed by atoms with Crippen LogP contribution in [-0.2, 0) is 25.6 Å². The van der Waals surface area contributed by atoms with E-state index in [1.165, 1.54) is 0 Å². The Morgan fingerprint density at radius 1 is 1.29 bits per heavy atom. The molecule has 0 aliphatic rings. The van der Waals surface area contributed by atoms with Crippen molar-refractivity contribution < 1.29 is 19.1 Å². The van der Waals surface area contributed by atoms with Crippen LogP contribution >= 0.6 is 22.6 Å². The Balaban J connectivity index is 3.63. The molecule has 0 amide bonds. The molecule has 0 spiro atoms. The minimum absolute atomic E-state index is 0.0365. The van der Waals surface area contributed by atoms with Gasteiger partial charge in [0, 0.05) is 6.20 Å². The Morgan fingerprint density at radius 2 is 1.92 bits per heavy atom. The zero-order valence-corrected chi connectivity index (χ0v) is 15.2. The molecule has 0 fully saturated rings. The first-order chi connectivity index (χ1) is 11.4. The lowest BCUT2D eigenvalue weighted by Gasteiger charge is -2.12. The molecule has 0 bridgehead atoms. The van der Waals surface area contributed by atoms with Gasteiger partial charge < -0.3 is 9.47 Å². The largest absolute Gasteiger partial charge is 0.463 e. The quantitative estimate of drug-likeness (QED) is 0.269. The first kappa shape index (κ1) is 19.7. The molecule has 0 unspecified atom stereocenters. The van der Waals surface area contributed by atoms with E-state index in [1.54, 1.807) is 36.4 Å². The summed E-state index contributed by atoms with van der Waals surface area (Å²) in [5.74, 6) is 0.463. The van der Waals surface area contributed by atoms with E-state index in [2.05, 4.69) is 5.92 Å². The van der Waals surface area contributed by atoms with Crippen LogP contribution in [0.25, 0.3) is 5.70 Å². The monoisotopic (exact) mass is 446 g/mol. The van der Waals surface area contributed by atoms with Gasteiger partial charge in [-0.15, -0.1) is 6.42 Å². The number of aromatic nitrogens is 2. The lowest BCUT2D eigenvalue weighted by atomic mass is 10.3. The summed E-state index contributed by atoms with van der Waals surface area (Å²) < 4.78 is 11.4. The lowest BCUT2D eigenvalue weighted by Crippen LogP contribution is -2.41. The maximum Gasteiger partial charge on any atom is 0.355 e. The van der Waals surface area contributed by atoms with E-state index in [-0.39, 0.29) is 29.0 Å².